The molecule has 0 aliphatic carbocycles. The number of rotatable bonds is 8. The van der Waals surface area contributed by atoms with Crippen molar-refractivity contribution in [3.05, 3.63) is 103 Å². The summed E-state index contributed by atoms with van der Waals surface area (Å²) in [5.41, 5.74) is 4.35. The number of benzene rings is 3. The Morgan fingerprint density at radius 1 is 1.00 bits per heavy atom. The van der Waals surface area contributed by atoms with Gasteiger partial charge in [0, 0.05) is 32.5 Å². The van der Waals surface area contributed by atoms with Gasteiger partial charge in [0.15, 0.2) is 0 Å². The molecule has 0 bridgehead atoms. The van der Waals surface area contributed by atoms with E-state index in [-0.39, 0.29) is 5.97 Å². The zero-order valence-electron chi connectivity index (χ0n) is 18.6. The van der Waals surface area contributed by atoms with Gasteiger partial charge in [-0.2, -0.15) is 0 Å². The van der Waals surface area contributed by atoms with Crippen molar-refractivity contribution >= 4 is 51.8 Å². The van der Waals surface area contributed by atoms with E-state index in [1.807, 2.05) is 30.5 Å². The van der Waals surface area contributed by atoms with Crippen LogP contribution in [0.4, 0.5) is 0 Å². The van der Waals surface area contributed by atoms with Gasteiger partial charge in [0.05, 0.1) is 22.9 Å². The summed E-state index contributed by atoms with van der Waals surface area (Å²) in [6.07, 6.45) is 4.68. The lowest BCUT2D eigenvalue weighted by atomic mass is 10.1. The lowest BCUT2D eigenvalue weighted by Crippen LogP contribution is -2.05. The Kier molecular flexibility index (Phi) is 8.29. The topological polar surface area (TPSA) is 44.1 Å². The van der Waals surface area contributed by atoms with Gasteiger partial charge in [-0.25, -0.2) is 9.78 Å². The summed E-state index contributed by atoms with van der Waals surface area (Å²) >= 11 is 14.9. The fraction of sp³-hybridized carbons (Fsp3) is 0.185. The van der Waals surface area contributed by atoms with Crippen molar-refractivity contribution in [3.8, 4) is 16.9 Å². The SMILES string of the molecule is CCOC(=O)c1ccc(-n2cc(-c3ccc(Cl)cc3Cl)nc2CCCc2ccc(I)cc2)cc1. The van der Waals surface area contributed by atoms with Crippen LogP contribution in [-0.4, -0.2) is 22.1 Å². The Hall–Kier alpha value is -2.35. The molecule has 174 valence electrons. The lowest BCUT2D eigenvalue weighted by molar-refractivity contribution is 0.0526. The Morgan fingerprint density at radius 2 is 1.74 bits per heavy atom. The molecule has 0 radical (unpaired) electrons. The van der Waals surface area contributed by atoms with E-state index in [2.05, 4.69) is 51.4 Å². The summed E-state index contributed by atoms with van der Waals surface area (Å²) in [5.74, 6) is 0.599. The highest BCUT2D eigenvalue weighted by Crippen LogP contribution is 2.31. The number of esters is 1. The second-order valence-corrected chi connectivity index (χ2v) is 9.87. The van der Waals surface area contributed by atoms with Gasteiger partial charge in [0.25, 0.3) is 0 Å². The number of imidazole rings is 1. The predicted octanol–water partition coefficient (Wildman–Crippen LogP) is 7.80. The summed E-state index contributed by atoms with van der Waals surface area (Å²) in [6.45, 7) is 2.14. The fourth-order valence-corrected chi connectivity index (χ4v) is 4.58. The van der Waals surface area contributed by atoms with E-state index in [1.165, 1.54) is 9.13 Å². The molecule has 4 aromatic rings. The Morgan fingerprint density at radius 3 is 2.41 bits per heavy atom. The number of carbonyl (C=O) groups is 1. The number of aromatic nitrogens is 2. The van der Waals surface area contributed by atoms with Gasteiger partial charge >= 0.3 is 5.97 Å². The van der Waals surface area contributed by atoms with Gasteiger partial charge < -0.3 is 9.30 Å². The van der Waals surface area contributed by atoms with E-state index in [1.54, 1.807) is 25.1 Å². The normalized spacial score (nSPS) is 10.9. The first-order chi connectivity index (χ1) is 16.4. The van der Waals surface area contributed by atoms with Crippen molar-refractivity contribution in [1.82, 2.24) is 9.55 Å². The van der Waals surface area contributed by atoms with Crippen LogP contribution in [0.15, 0.2) is 72.9 Å². The van der Waals surface area contributed by atoms with Gasteiger partial charge in [-0.3, -0.25) is 0 Å². The van der Waals surface area contributed by atoms with Crippen molar-refractivity contribution in [2.75, 3.05) is 6.61 Å². The quantitative estimate of drug-likeness (QED) is 0.152. The predicted molar refractivity (Wildman–Crippen MR) is 146 cm³/mol. The van der Waals surface area contributed by atoms with Crippen molar-refractivity contribution in [2.45, 2.75) is 26.2 Å². The molecular weight excluding hydrogens is 582 g/mol. The van der Waals surface area contributed by atoms with Gasteiger partial charge in [0.2, 0.25) is 0 Å². The average Bonchev–Trinajstić information content (AvgIpc) is 3.24. The summed E-state index contributed by atoms with van der Waals surface area (Å²) in [4.78, 5) is 17.0. The monoisotopic (exact) mass is 604 g/mol. The summed E-state index contributed by atoms with van der Waals surface area (Å²) in [7, 11) is 0. The van der Waals surface area contributed by atoms with Crippen LogP contribution in [0.5, 0.6) is 0 Å². The molecule has 34 heavy (non-hydrogen) atoms. The molecule has 7 heteroatoms. The number of halogens is 3. The number of hydrogen-bond acceptors (Lipinski definition) is 3. The highest BCUT2D eigenvalue weighted by atomic mass is 127. The molecule has 1 aromatic heterocycles. The Balaban J connectivity index is 1.63. The van der Waals surface area contributed by atoms with Crippen LogP contribution in [0, 0.1) is 3.57 Å². The zero-order valence-corrected chi connectivity index (χ0v) is 22.3. The lowest BCUT2D eigenvalue weighted by Gasteiger charge is -2.09. The number of aryl methyl sites for hydroxylation is 2. The average molecular weight is 605 g/mol. The Bertz CT molecular complexity index is 1290. The highest BCUT2D eigenvalue weighted by Gasteiger charge is 2.15. The molecule has 4 rings (SSSR count). The van der Waals surface area contributed by atoms with E-state index in [4.69, 9.17) is 32.9 Å². The molecule has 3 aromatic carbocycles. The Labute approximate surface area is 223 Å². The van der Waals surface area contributed by atoms with E-state index in [0.717, 1.165) is 42.0 Å². The maximum atomic E-state index is 12.0. The number of ether oxygens (including phenoxy) is 1. The van der Waals surface area contributed by atoms with Crippen molar-refractivity contribution in [3.63, 3.8) is 0 Å². The first-order valence-electron chi connectivity index (χ1n) is 11.0. The van der Waals surface area contributed by atoms with Crippen molar-refractivity contribution in [2.24, 2.45) is 0 Å². The molecule has 1 heterocycles. The maximum Gasteiger partial charge on any atom is 0.338 e. The first-order valence-corrected chi connectivity index (χ1v) is 12.8. The first kappa shape index (κ1) is 24.8. The van der Waals surface area contributed by atoms with Gasteiger partial charge in [-0.05, 0) is 103 Å². The van der Waals surface area contributed by atoms with Gasteiger partial charge in [-0.15, -0.1) is 0 Å². The second-order valence-electron chi connectivity index (χ2n) is 7.78. The molecule has 0 atom stereocenters. The minimum absolute atomic E-state index is 0.328. The van der Waals surface area contributed by atoms with Crippen LogP contribution in [0.2, 0.25) is 10.0 Å². The number of carbonyl (C=O) groups excluding carboxylic acids is 1. The van der Waals surface area contributed by atoms with E-state index < -0.39 is 0 Å². The molecule has 0 aliphatic rings. The second kappa shape index (κ2) is 11.4. The van der Waals surface area contributed by atoms with E-state index >= 15 is 0 Å². The molecule has 0 spiro atoms. The van der Waals surface area contributed by atoms with Crippen LogP contribution in [0.1, 0.15) is 35.1 Å². The van der Waals surface area contributed by atoms with Crippen molar-refractivity contribution in [1.29, 1.82) is 0 Å². The van der Waals surface area contributed by atoms with Crippen LogP contribution < -0.4 is 0 Å². The summed E-state index contributed by atoms with van der Waals surface area (Å²) in [6, 6.07) is 21.4. The molecule has 4 nitrogen and oxygen atoms in total. The molecule has 0 fully saturated rings. The van der Waals surface area contributed by atoms with E-state index in [0.29, 0.717) is 22.2 Å². The summed E-state index contributed by atoms with van der Waals surface area (Å²) < 4.78 is 8.39. The van der Waals surface area contributed by atoms with Gasteiger partial charge in [0.1, 0.15) is 5.82 Å². The minimum atomic E-state index is -0.328. The third-order valence-corrected chi connectivity index (χ3v) is 6.69. The van der Waals surface area contributed by atoms with Crippen LogP contribution >= 0.6 is 45.8 Å². The molecule has 0 amide bonds. The van der Waals surface area contributed by atoms with Crippen LogP contribution in [-0.2, 0) is 17.6 Å². The van der Waals surface area contributed by atoms with E-state index in [9.17, 15) is 4.79 Å². The molecule has 0 N–H and O–H groups in total. The summed E-state index contributed by atoms with van der Waals surface area (Å²) in [5, 5.41) is 1.14. The molecule has 0 saturated heterocycles. The third kappa shape index (κ3) is 6.01. The molecular formula is C27H23Cl2IN2O2. The molecule has 0 unspecified atom stereocenters. The molecule has 0 saturated carbocycles. The zero-order chi connectivity index (χ0) is 24.1. The number of hydrogen-bond donors (Lipinski definition) is 0. The smallest absolute Gasteiger partial charge is 0.338 e. The molecule has 0 aliphatic heterocycles. The number of nitrogens with zero attached hydrogens (tertiary/aromatic N) is 2. The third-order valence-electron chi connectivity index (χ3n) is 5.42. The maximum absolute atomic E-state index is 12.0. The van der Waals surface area contributed by atoms with Crippen LogP contribution in [0.3, 0.4) is 0 Å². The largest absolute Gasteiger partial charge is 0.462 e. The standard InChI is InChI=1S/C27H23Cl2IN2O2/c1-2-34-27(33)19-8-13-22(14-9-19)32-17-25(23-15-10-20(28)16-24(23)29)31-26(32)5-3-4-18-6-11-21(30)12-7-18/h6-17H,2-5H2,1H3. The minimum Gasteiger partial charge on any atom is -0.462 e. The fourth-order valence-electron chi connectivity index (χ4n) is 3.72. The van der Waals surface area contributed by atoms with Gasteiger partial charge in [-0.1, -0.05) is 35.3 Å². The van der Waals surface area contributed by atoms with Crippen molar-refractivity contribution < 1.29 is 9.53 Å². The highest BCUT2D eigenvalue weighted by molar-refractivity contribution is 14.1. The van der Waals surface area contributed by atoms with Crippen LogP contribution in [0.25, 0.3) is 16.9 Å².